The maximum Gasteiger partial charge on any atom is 0.337 e. The monoisotopic (exact) mass is 261 g/mol. The lowest BCUT2D eigenvalue weighted by Gasteiger charge is -2.11. The van der Waals surface area contributed by atoms with Crippen LogP contribution in [0.1, 0.15) is 10.4 Å². The molecule has 19 heavy (non-hydrogen) atoms. The van der Waals surface area contributed by atoms with Crippen LogP contribution in [-0.2, 0) is 4.74 Å². The molecule has 0 aliphatic carbocycles. The number of esters is 1. The first-order valence-corrected chi connectivity index (χ1v) is 5.41. The number of hydrogen-bond acceptors (Lipinski definition) is 6. The number of carbonyl (C=O) groups is 1. The van der Waals surface area contributed by atoms with E-state index in [0.717, 1.165) is 0 Å². The van der Waals surface area contributed by atoms with E-state index in [2.05, 4.69) is 10.1 Å². The third kappa shape index (κ3) is 2.20. The molecule has 0 radical (unpaired) electrons. The molecule has 0 unspecified atom stereocenters. The summed E-state index contributed by atoms with van der Waals surface area (Å²) in [5.41, 5.74) is -0.175. The number of benzene rings is 1. The highest BCUT2D eigenvalue weighted by atomic mass is 16.5. The summed E-state index contributed by atoms with van der Waals surface area (Å²) in [5, 5.41) is 2.78. The van der Waals surface area contributed by atoms with Gasteiger partial charge in [0.2, 0.25) is 0 Å². The average Bonchev–Trinajstić information content (AvgIpc) is 2.46. The molecule has 0 fully saturated rings. The van der Waals surface area contributed by atoms with Crippen LogP contribution < -0.4 is 20.9 Å². The van der Waals surface area contributed by atoms with E-state index in [0.29, 0.717) is 11.3 Å². The Morgan fingerprint density at radius 3 is 2.21 bits per heavy atom. The van der Waals surface area contributed by atoms with E-state index in [-0.39, 0.29) is 11.4 Å². The van der Waals surface area contributed by atoms with Gasteiger partial charge >= 0.3 is 5.97 Å². The molecular formula is C13H11NO5. The van der Waals surface area contributed by atoms with E-state index in [9.17, 15) is 14.4 Å². The number of hydrogen-bond donors (Lipinski definition) is 1. The Morgan fingerprint density at radius 1 is 1.05 bits per heavy atom. The SMILES string of the molecule is COC(=O)c1ccc(Nc2c(OC)c(=O)c2=O)cc1. The maximum absolute atomic E-state index is 11.3. The fourth-order valence-corrected chi connectivity index (χ4v) is 1.63. The van der Waals surface area contributed by atoms with E-state index >= 15 is 0 Å². The highest BCUT2D eigenvalue weighted by Crippen LogP contribution is 2.22. The van der Waals surface area contributed by atoms with Crippen LogP contribution in [0.25, 0.3) is 0 Å². The maximum atomic E-state index is 11.3. The largest absolute Gasteiger partial charge is 0.491 e. The zero-order valence-electron chi connectivity index (χ0n) is 10.4. The van der Waals surface area contributed by atoms with Crippen molar-refractivity contribution in [3.63, 3.8) is 0 Å². The highest BCUT2D eigenvalue weighted by Gasteiger charge is 2.21. The van der Waals surface area contributed by atoms with E-state index in [1.54, 1.807) is 24.3 Å². The van der Waals surface area contributed by atoms with Crippen LogP contribution in [-0.4, -0.2) is 20.2 Å². The Balaban J connectivity index is 2.21. The van der Waals surface area contributed by atoms with E-state index in [4.69, 9.17) is 4.74 Å². The molecule has 6 heteroatoms. The van der Waals surface area contributed by atoms with Gasteiger partial charge in [-0.05, 0) is 24.3 Å². The topological polar surface area (TPSA) is 81.7 Å². The summed E-state index contributed by atoms with van der Waals surface area (Å²) in [6, 6.07) is 6.30. The lowest BCUT2D eigenvalue weighted by molar-refractivity contribution is 0.0601. The van der Waals surface area contributed by atoms with E-state index in [1.165, 1.54) is 14.2 Å². The number of anilines is 2. The van der Waals surface area contributed by atoms with E-state index in [1.807, 2.05) is 0 Å². The molecule has 0 aliphatic heterocycles. The minimum Gasteiger partial charge on any atom is -0.491 e. The zero-order chi connectivity index (χ0) is 14.0. The summed E-state index contributed by atoms with van der Waals surface area (Å²) in [5.74, 6) is -0.430. The summed E-state index contributed by atoms with van der Waals surface area (Å²) in [6.07, 6.45) is 0. The van der Waals surface area contributed by atoms with Crippen molar-refractivity contribution in [2.24, 2.45) is 0 Å². The Morgan fingerprint density at radius 2 is 1.68 bits per heavy atom. The van der Waals surface area contributed by atoms with Crippen LogP contribution in [0.3, 0.4) is 0 Å². The first-order chi connectivity index (χ1) is 9.08. The van der Waals surface area contributed by atoms with Gasteiger partial charge in [-0.25, -0.2) is 4.79 Å². The van der Waals surface area contributed by atoms with Crippen molar-refractivity contribution < 1.29 is 14.3 Å². The van der Waals surface area contributed by atoms with Crippen LogP contribution in [0.15, 0.2) is 33.9 Å². The molecule has 0 atom stereocenters. The summed E-state index contributed by atoms with van der Waals surface area (Å²) in [6.45, 7) is 0. The standard InChI is InChI=1S/C13H11NO5/c1-18-12-9(10(15)11(12)16)14-8-5-3-7(4-6-8)13(17)19-2/h3-6,14H,1-2H3. The molecule has 98 valence electrons. The lowest BCUT2D eigenvalue weighted by Crippen LogP contribution is -2.34. The number of methoxy groups -OCH3 is 2. The summed E-state index contributed by atoms with van der Waals surface area (Å²) >= 11 is 0. The molecule has 2 aromatic carbocycles. The number of carbonyl (C=O) groups excluding carboxylic acids is 1. The van der Waals surface area contributed by atoms with Crippen LogP contribution >= 0.6 is 0 Å². The van der Waals surface area contributed by atoms with Gasteiger partial charge in [0, 0.05) is 5.69 Å². The van der Waals surface area contributed by atoms with Crippen molar-refractivity contribution >= 4 is 17.3 Å². The van der Waals surface area contributed by atoms with Gasteiger partial charge in [0.15, 0.2) is 5.75 Å². The van der Waals surface area contributed by atoms with Gasteiger partial charge < -0.3 is 14.8 Å². The minimum atomic E-state index is -0.642. The van der Waals surface area contributed by atoms with Crippen LogP contribution in [0.5, 0.6) is 5.75 Å². The average molecular weight is 261 g/mol. The van der Waals surface area contributed by atoms with Crippen LogP contribution in [0.4, 0.5) is 11.4 Å². The third-order valence-electron chi connectivity index (χ3n) is 2.65. The van der Waals surface area contributed by atoms with Crippen LogP contribution in [0, 0.1) is 0 Å². The molecule has 2 rings (SSSR count). The van der Waals surface area contributed by atoms with Gasteiger partial charge in [0.1, 0.15) is 5.69 Å². The fraction of sp³-hybridized carbons (Fsp3) is 0.154. The third-order valence-corrected chi connectivity index (χ3v) is 2.65. The summed E-state index contributed by atoms with van der Waals surface area (Å²) in [7, 11) is 2.62. The summed E-state index contributed by atoms with van der Waals surface area (Å²) < 4.78 is 9.37. The molecule has 0 aliphatic rings. The molecule has 0 heterocycles. The first-order valence-electron chi connectivity index (χ1n) is 5.41. The normalized spacial score (nSPS) is 10.2. The van der Waals surface area contributed by atoms with E-state index < -0.39 is 16.8 Å². The Labute approximate surface area is 108 Å². The lowest BCUT2D eigenvalue weighted by atomic mass is 10.1. The molecule has 0 amide bonds. The van der Waals surface area contributed by atoms with Gasteiger partial charge in [-0.3, -0.25) is 9.59 Å². The molecule has 2 aromatic rings. The smallest absolute Gasteiger partial charge is 0.337 e. The molecule has 0 spiro atoms. The van der Waals surface area contributed by atoms with Crippen molar-refractivity contribution in [2.45, 2.75) is 0 Å². The van der Waals surface area contributed by atoms with Crippen molar-refractivity contribution in [1.82, 2.24) is 0 Å². The molecular weight excluding hydrogens is 250 g/mol. The molecule has 0 saturated carbocycles. The van der Waals surface area contributed by atoms with Crippen molar-refractivity contribution in [1.29, 1.82) is 0 Å². The second-order valence-corrected chi connectivity index (χ2v) is 3.76. The summed E-state index contributed by atoms with van der Waals surface area (Å²) in [4.78, 5) is 33.7. The van der Waals surface area contributed by atoms with Gasteiger partial charge in [-0.1, -0.05) is 0 Å². The number of ether oxygens (including phenoxy) is 2. The molecule has 0 bridgehead atoms. The Hall–Kier alpha value is -2.63. The predicted octanol–water partition coefficient (Wildman–Crippen LogP) is 0.821. The second kappa shape index (κ2) is 4.93. The second-order valence-electron chi connectivity index (χ2n) is 3.76. The number of nitrogens with one attached hydrogen (secondary N) is 1. The van der Waals surface area contributed by atoms with Gasteiger partial charge in [-0.2, -0.15) is 0 Å². The predicted molar refractivity (Wildman–Crippen MR) is 69.0 cm³/mol. The highest BCUT2D eigenvalue weighted by molar-refractivity contribution is 5.89. The molecule has 6 nitrogen and oxygen atoms in total. The molecule has 1 N–H and O–H groups in total. The van der Waals surface area contributed by atoms with Crippen molar-refractivity contribution in [2.75, 3.05) is 19.5 Å². The minimum absolute atomic E-state index is 0.0158. The van der Waals surface area contributed by atoms with Crippen LogP contribution in [0.2, 0.25) is 0 Å². The number of rotatable bonds is 4. The molecule has 0 aromatic heterocycles. The fourth-order valence-electron chi connectivity index (χ4n) is 1.63. The van der Waals surface area contributed by atoms with Gasteiger partial charge in [-0.15, -0.1) is 0 Å². The first kappa shape index (κ1) is 12.8. The van der Waals surface area contributed by atoms with Crippen molar-refractivity contribution in [3.05, 3.63) is 50.3 Å². The Bertz CT molecular complexity index is 680. The zero-order valence-corrected chi connectivity index (χ0v) is 10.4. The Kier molecular flexibility index (Phi) is 3.33. The molecule has 0 saturated heterocycles. The van der Waals surface area contributed by atoms with Gasteiger partial charge in [0.05, 0.1) is 19.8 Å². The quantitative estimate of drug-likeness (QED) is 0.648. The van der Waals surface area contributed by atoms with Gasteiger partial charge in [0.25, 0.3) is 10.9 Å². The van der Waals surface area contributed by atoms with Crippen molar-refractivity contribution in [3.8, 4) is 5.75 Å².